The van der Waals surface area contributed by atoms with Crippen LogP contribution in [0.5, 0.6) is 0 Å². The van der Waals surface area contributed by atoms with Crippen molar-refractivity contribution in [3.05, 3.63) is 83.1 Å². The molecule has 3 aromatic rings. The van der Waals surface area contributed by atoms with Crippen LogP contribution in [0.1, 0.15) is 58.7 Å². The van der Waals surface area contributed by atoms with Gasteiger partial charge in [0.1, 0.15) is 23.3 Å². The molecule has 1 aromatic carbocycles. The molecule has 6 heteroatoms. The Morgan fingerprint density at radius 3 is 2.82 bits per heavy atom. The molecule has 3 heterocycles. The van der Waals surface area contributed by atoms with Crippen molar-refractivity contribution < 1.29 is 13.6 Å². The Kier molecular flexibility index (Phi) is 5.19. The standard InChI is InChI=1S/C22H22FN3O2/c1-15-5-4-6-19(25-15)22(27)26-12-3-2-7-20(26)21-24-14-18(28-21)13-16-8-10-17(23)11-9-16/h4-6,8-11,14,20H,2-3,7,12-13H2,1H3/t20-/m1/s1. The molecule has 2 aromatic heterocycles. The minimum absolute atomic E-state index is 0.0910. The summed E-state index contributed by atoms with van der Waals surface area (Å²) in [6.07, 6.45) is 5.02. The zero-order valence-corrected chi connectivity index (χ0v) is 15.8. The number of pyridine rings is 1. The molecule has 0 N–H and O–H groups in total. The second-order valence-corrected chi connectivity index (χ2v) is 7.14. The van der Waals surface area contributed by atoms with Crippen LogP contribution in [0, 0.1) is 12.7 Å². The fourth-order valence-electron chi connectivity index (χ4n) is 3.60. The normalized spacial score (nSPS) is 16.9. The fraction of sp³-hybridized carbons (Fsp3) is 0.318. The van der Waals surface area contributed by atoms with Gasteiger partial charge in [-0.1, -0.05) is 18.2 Å². The predicted molar refractivity (Wildman–Crippen MR) is 102 cm³/mol. The molecule has 0 bridgehead atoms. The Hall–Kier alpha value is -3.02. The third-order valence-electron chi connectivity index (χ3n) is 5.02. The van der Waals surface area contributed by atoms with Crippen LogP contribution in [0.2, 0.25) is 0 Å². The van der Waals surface area contributed by atoms with Gasteiger partial charge in [-0.05, 0) is 56.0 Å². The highest BCUT2D eigenvalue weighted by Crippen LogP contribution is 2.32. The maximum absolute atomic E-state index is 13.1. The van der Waals surface area contributed by atoms with Gasteiger partial charge in [0.2, 0.25) is 5.89 Å². The number of hydrogen-bond donors (Lipinski definition) is 0. The van der Waals surface area contributed by atoms with Crippen molar-refractivity contribution in [2.75, 3.05) is 6.54 Å². The van der Waals surface area contributed by atoms with E-state index in [1.165, 1.54) is 12.1 Å². The molecular formula is C22H22FN3O2. The summed E-state index contributed by atoms with van der Waals surface area (Å²) < 4.78 is 19.1. The number of aromatic nitrogens is 2. The first kappa shape index (κ1) is 18.3. The highest BCUT2D eigenvalue weighted by atomic mass is 19.1. The summed E-state index contributed by atoms with van der Waals surface area (Å²) >= 11 is 0. The first-order valence-electron chi connectivity index (χ1n) is 9.54. The number of benzene rings is 1. The number of amides is 1. The number of likely N-dealkylation sites (tertiary alicyclic amines) is 1. The van der Waals surface area contributed by atoms with E-state index in [0.717, 1.165) is 30.5 Å². The number of hydrogen-bond acceptors (Lipinski definition) is 4. The first-order valence-corrected chi connectivity index (χ1v) is 9.54. The molecule has 28 heavy (non-hydrogen) atoms. The Morgan fingerprint density at radius 1 is 1.21 bits per heavy atom. The lowest BCUT2D eigenvalue weighted by molar-refractivity contribution is 0.0563. The highest BCUT2D eigenvalue weighted by Gasteiger charge is 2.32. The Bertz CT molecular complexity index is 968. The molecule has 4 rings (SSSR count). The van der Waals surface area contributed by atoms with Gasteiger partial charge in [-0.2, -0.15) is 0 Å². The van der Waals surface area contributed by atoms with E-state index in [-0.39, 0.29) is 17.8 Å². The van der Waals surface area contributed by atoms with Crippen LogP contribution in [0.4, 0.5) is 4.39 Å². The number of halogens is 1. The molecule has 1 saturated heterocycles. The number of carbonyl (C=O) groups is 1. The fourth-order valence-corrected chi connectivity index (χ4v) is 3.60. The molecule has 0 radical (unpaired) electrons. The molecule has 5 nitrogen and oxygen atoms in total. The maximum atomic E-state index is 13.1. The van der Waals surface area contributed by atoms with Gasteiger partial charge in [-0.25, -0.2) is 14.4 Å². The number of oxazole rings is 1. The first-order chi connectivity index (χ1) is 13.6. The summed E-state index contributed by atoms with van der Waals surface area (Å²) in [5, 5.41) is 0. The van der Waals surface area contributed by atoms with Crippen molar-refractivity contribution in [2.24, 2.45) is 0 Å². The zero-order valence-electron chi connectivity index (χ0n) is 15.8. The van der Waals surface area contributed by atoms with Crippen LogP contribution >= 0.6 is 0 Å². The van der Waals surface area contributed by atoms with Gasteiger partial charge in [-0.15, -0.1) is 0 Å². The molecule has 1 fully saturated rings. The molecule has 0 saturated carbocycles. The minimum atomic E-state index is -0.261. The van der Waals surface area contributed by atoms with Gasteiger partial charge in [0.05, 0.1) is 6.20 Å². The van der Waals surface area contributed by atoms with E-state index in [1.807, 2.05) is 24.0 Å². The van der Waals surface area contributed by atoms with E-state index in [9.17, 15) is 9.18 Å². The zero-order chi connectivity index (χ0) is 19.5. The van der Waals surface area contributed by atoms with Crippen LogP contribution < -0.4 is 0 Å². The molecular weight excluding hydrogens is 357 g/mol. The van der Waals surface area contributed by atoms with Gasteiger partial charge in [-0.3, -0.25) is 4.79 Å². The second-order valence-electron chi connectivity index (χ2n) is 7.14. The summed E-state index contributed by atoms with van der Waals surface area (Å²) in [4.78, 5) is 23.7. The SMILES string of the molecule is Cc1cccc(C(=O)N2CCCC[C@@H]2c2ncc(Cc3ccc(F)cc3)o2)n1. The van der Waals surface area contributed by atoms with Crippen molar-refractivity contribution in [1.29, 1.82) is 0 Å². The molecule has 1 amide bonds. The summed E-state index contributed by atoms with van der Waals surface area (Å²) in [5.74, 6) is 0.904. The van der Waals surface area contributed by atoms with Crippen LogP contribution in [-0.4, -0.2) is 27.3 Å². The number of carbonyl (C=O) groups excluding carboxylic acids is 1. The number of aryl methyl sites for hydroxylation is 1. The van der Waals surface area contributed by atoms with Gasteiger partial charge < -0.3 is 9.32 Å². The molecule has 0 spiro atoms. The molecule has 0 aliphatic carbocycles. The van der Waals surface area contributed by atoms with Crippen molar-refractivity contribution in [1.82, 2.24) is 14.9 Å². The van der Waals surface area contributed by atoms with E-state index < -0.39 is 0 Å². The molecule has 1 aliphatic rings. The van der Waals surface area contributed by atoms with E-state index in [4.69, 9.17) is 4.42 Å². The quantitative estimate of drug-likeness (QED) is 0.671. The summed E-state index contributed by atoms with van der Waals surface area (Å²) in [7, 11) is 0. The largest absolute Gasteiger partial charge is 0.443 e. The van der Waals surface area contributed by atoms with E-state index in [2.05, 4.69) is 9.97 Å². The van der Waals surface area contributed by atoms with Crippen molar-refractivity contribution in [3.8, 4) is 0 Å². The topological polar surface area (TPSA) is 59.2 Å². The van der Waals surface area contributed by atoms with E-state index >= 15 is 0 Å². The summed E-state index contributed by atoms with van der Waals surface area (Å²) in [6.45, 7) is 2.54. The average molecular weight is 379 g/mol. The summed E-state index contributed by atoms with van der Waals surface area (Å²) in [6, 6.07) is 11.6. The Labute approximate surface area is 163 Å². The van der Waals surface area contributed by atoms with Gasteiger partial charge >= 0.3 is 0 Å². The van der Waals surface area contributed by atoms with Crippen LogP contribution in [0.25, 0.3) is 0 Å². The Morgan fingerprint density at radius 2 is 2.04 bits per heavy atom. The van der Waals surface area contributed by atoms with Crippen LogP contribution in [0.15, 0.2) is 53.1 Å². The van der Waals surface area contributed by atoms with E-state index in [0.29, 0.717) is 30.3 Å². The van der Waals surface area contributed by atoms with Crippen LogP contribution in [0.3, 0.4) is 0 Å². The lowest BCUT2D eigenvalue weighted by Gasteiger charge is -2.33. The summed E-state index contributed by atoms with van der Waals surface area (Å²) in [5.41, 5.74) is 2.21. The third kappa shape index (κ3) is 3.96. The molecule has 1 atom stereocenters. The molecule has 1 aliphatic heterocycles. The highest BCUT2D eigenvalue weighted by molar-refractivity contribution is 5.92. The van der Waals surface area contributed by atoms with Crippen molar-refractivity contribution in [2.45, 2.75) is 38.6 Å². The smallest absolute Gasteiger partial charge is 0.273 e. The van der Waals surface area contributed by atoms with Gasteiger partial charge in [0.25, 0.3) is 5.91 Å². The van der Waals surface area contributed by atoms with Crippen molar-refractivity contribution >= 4 is 5.91 Å². The predicted octanol–water partition coefficient (Wildman–Crippen LogP) is 4.48. The third-order valence-corrected chi connectivity index (χ3v) is 5.02. The minimum Gasteiger partial charge on any atom is -0.443 e. The Balaban J connectivity index is 1.54. The average Bonchev–Trinajstić information content (AvgIpc) is 3.17. The monoisotopic (exact) mass is 379 g/mol. The number of piperidine rings is 1. The maximum Gasteiger partial charge on any atom is 0.273 e. The molecule has 0 unspecified atom stereocenters. The molecule has 144 valence electrons. The lowest BCUT2D eigenvalue weighted by atomic mass is 10.0. The van der Waals surface area contributed by atoms with E-state index in [1.54, 1.807) is 24.4 Å². The van der Waals surface area contributed by atoms with Crippen LogP contribution in [-0.2, 0) is 6.42 Å². The lowest BCUT2D eigenvalue weighted by Crippen LogP contribution is -2.39. The number of nitrogens with zero attached hydrogens (tertiary/aromatic N) is 3. The second kappa shape index (κ2) is 7.92. The van der Waals surface area contributed by atoms with Gasteiger partial charge in [0.15, 0.2) is 0 Å². The number of rotatable bonds is 4. The van der Waals surface area contributed by atoms with Crippen molar-refractivity contribution in [3.63, 3.8) is 0 Å². The van der Waals surface area contributed by atoms with Gasteiger partial charge in [0, 0.05) is 18.7 Å².